The van der Waals surface area contributed by atoms with E-state index >= 15 is 0 Å². The third-order valence-electron chi connectivity index (χ3n) is 5.18. The molecule has 1 aliphatic rings. The van der Waals surface area contributed by atoms with Gasteiger partial charge in [0, 0.05) is 53.4 Å². The Bertz CT molecular complexity index is 942. The molecule has 6 heteroatoms. The van der Waals surface area contributed by atoms with Crippen LogP contribution in [0.2, 0.25) is 0 Å². The van der Waals surface area contributed by atoms with Crippen LogP contribution in [0.1, 0.15) is 46.2 Å². The number of nitrogens with zero attached hydrogens (tertiary/aromatic N) is 3. The number of likely N-dealkylation sites (tertiary alicyclic amines) is 1. The molecule has 4 rings (SSSR count). The molecule has 0 aliphatic carbocycles. The molecule has 3 aromatic rings. The van der Waals surface area contributed by atoms with Crippen LogP contribution in [0.3, 0.4) is 0 Å². The van der Waals surface area contributed by atoms with Crippen LogP contribution in [0.4, 0.5) is 0 Å². The fourth-order valence-corrected chi connectivity index (χ4v) is 3.79. The predicted molar refractivity (Wildman–Crippen MR) is 98.9 cm³/mol. The predicted octanol–water partition coefficient (Wildman–Crippen LogP) is 2.78. The Morgan fingerprint density at radius 3 is 2.88 bits per heavy atom. The normalized spacial score (nSPS) is 15.5. The minimum absolute atomic E-state index is 0.0513. The molecule has 3 heterocycles. The molecule has 1 aliphatic heterocycles. The lowest BCUT2D eigenvalue weighted by Gasteiger charge is -2.32. The van der Waals surface area contributed by atoms with Crippen LogP contribution in [0.5, 0.6) is 0 Å². The highest BCUT2D eigenvalue weighted by atomic mass is 16.3. The van der Waals surface area contributed by atoms with Crippen molar-refractivity contribution in [3.63, 3.8) is 0 Å². The van der Waals surface area contributed by atoms with Crippen molar-refractivity contribution < 1.29 is 9.90 Å². The first kappa shape index (κ1) is 16.7. The van der Waals surface area contributed by atoms with Crippen LogP contribution in [0.25, 0.3) is 10.9 Å². The number of hydrogen-bond acceptors (Lipinski definition) is 4. The van der Waals surface area contributed by atoms with Gasteiger partial charge in [0.05, 0.1) is 12.3 Å². The van der Waals surface area contributed by atoms with Crippen LogP contribution in [-0.4, -0.2) is 44.0 Å². The van der Waals surface area contributed by atoms with Gasteiger partial charge in [-0.05, 0) is 38.0 Å². The van der Waals surface area contributed by atoms with Crippen molar-refractivity contribution in [3.8, 4) is 0 Å². The van der Waals surface area contributed by atoms with Crippen molar-refractivity contribution >= 4 is 16.8 Å². The molecule has 26 heavy (non-hydrogen) atoms. The van der Waals surface area contributed by atoms with Crippen molar-refractivity contribution in [2.75, 3.05) is 13.1 Å². The summed E-state index contributed by atoms with van der Waals surface area (Å²) in [6.45, 7) is 3.20. The summed E-state index contributed by atoms with van der Waals surface area (Å²) in [4.78, 5) is 26.8. The van der Waals surface area contributed by atoms with E-state index in [1.807, 2.05) is 42.3 Å². The molecule has 0 bridgehead atoms. The molecular weight excluding hydrogens is 328 g/mol. The summed E-state index contributed by atoms with van der Waals surface area (Å²) in [6.07, 6.45) is 5.26. The van der Waals surface area contributed by atoms with E-state index < -0.39 is 0 Å². The number of aromatic nitrogens is 3. The lowest BCUT2D eigenvalue weighted by Crippen LogP contribution is -2.38. The largest absolute Gasteiger partial charge is 0.392 e. The van der Waals surface area contributed by atoms with E-state index in [1.165, 1.54) is 0 Å². The SMILES string of the molecule is Cc1ncc(CO)c(C2CCN(C(=O)c3cccc4[nH]ccc34)CC2)n1. The van der Waals surface area contributed by atoms with Crippen LogP contribution < -0.4 is 0 Å². The fourth-order valence-electron chi connectivity index (χ4n) is 3.79. The second-order valence-corrected chi connectivity index (χ2v) is 6.80. The summed E-state index contributed by atoms with van der Waals surface area (Å²) >= 11 is 0. The topological polar surface area (TPSA) is 82.1 Å². The Labute approximate surface area is 151 Å². The van der Waals surface area contributed by atoms with Gasteiger partial charge in [-0.3, -0.25) is 4.79 Å². The molecule has 0 unspecified atom stereocenters. The Kier molecular flexibility index (Phi) is 4.42. The summed E-state index contributed by atoms with van der Waals surface area (Å²) in [5.41, 5.74) is 3.45. The minimum Gasteiger partial charge on any atom is -0.392 e. The van der Waals surface area contributed by atoms with E-state index in [0.717, 1.165) is 46.4 Å². The summed E-state index contributed by atoms with van der Waals surface area (Å²) in [6, 6.07) is 7.73. The highest BCUT2D eigenvalue weighted by Gasteiger charge is 2.27. The molecule has 0 saturated carbocycles. The first-order valence-electron chi connectivity index (χ1n) is 8.96. The molecule has 134 valence electrons. The van der Waals surface area contributed by atoms with Crippen LogP contribution in [-0.2, 0) is 6.61 Å². The third-order valence-corrected chi connectivity index (χ3v) is 5.18. The lowest BCUT2D eigenvalue weighted by atomic mass is 9.90. The van der Waals surface area contributed by atoms with Gasteiger partial charge in [-0.2, -0.15) is 0 Å². The van der Waals surface area contributed by atoms with Crippen molar-refractivity contribution in [2.45, 2.75) is 32.3 Å². The maximum absolute atomic E-state index is 13.0. The third kappa shape index (κ3) is 2.97. The van der Waals surface area contributed by atoms with E-state index in [0.29, 0.717) is 13.1 Å². The number of aliphatic hydroxyl groups is 1. The number of rotatable bonds is 3. The molecule has 1 saturated heterocycles. The van der Waals surface area contributed by atoms with E-state index in [1.54, 1.807) is 6.20 Å². The highest BCUT2D eigenvalue weighted by Crippen LogP contribution is 2.30. The number of hydrogen-bond donors (Lipinski definition) is 2. The number of aryl methyl sites for hydroxylation is 1. The van der Waals surface area contributed by atoms with Gasteiger partial charge < -0.3 is 15.0 Å². The van der Waals surface area contributed by atoms with E-state index in [9.17, 15) is 9.90 Å². The Balaban J connectivity index is 1.51. The van der Waals surface area contributed by atoms with Crippen molar-refractivity contribution in [1.82, 2.24) is 19.9 Å². The highest BCUT2D eigenvalue weighted by molar-refractivity contribution is 6.06. The lowest BCUT2D eigenvalue weighted by molar-refractivity contribution is 0.0713. The van der Waals surface area contributed by atoms with E-state index in [4.69, 9.17) is 0 Å². The number of aliphatic hydroxyl groups excluding tert-OH is 1. The standard InChI is InChI=1S/C20H22N4O2/c1-13-22-11-15(12-25)19(23-13)14-6-9-24(10-7-14)20(26)17-3-2-4-18-16(17)5-8-21-18/h2-5,8,11,14,21,25H,6-7,9-10,12H2,1H3. The van der Waals surface area contributed by atoms with Crippen molar-refractivity contribution in [2.24, 2.45) is 0 Å². The van der Waals surface area contributed by atoms with Gasteiger partial charge in [-0.25, -0.2) is 9.97 Å². The van der Waals surface area contributed by atoms with Crippen molar-refractivity contribution in [3.05, 3.63) is 59.3 Å². The number of piperidine rings is 1. The smallest absolute Gasteiger partial charge is 0.254 e. The van der Waals surface area contributed by atoms with Gasteiger partial charge in [0.2, 0.25) is 0 Å². The molecule has 1 fully saturated rings. The first-order valence-corrected chi connectivity index (χ1v) is 8.96. The molecule has 1 amide bonds. The molecule has 2 aromatic heterocycles. The van der Waals surface area contributed by atoms with Gasteiger partial charge in [0.1, 0.15) is 5.82 Å². The summed E-state index contributed by atoms with van der Waals surface area (Å²) in [5.74, 6) is 1.05. The van der Waals surface area contributed by atoms with Crippen LogP contribution >= 0.6 is 0 Å². The molecule has 0 spiro atoms. The number of fused-ring (bicyclic) bond motifs is 1. The van der Waals surface area contributed by atoms with Gasteiger partial charge in [0.25, 0.3) is 5.91 Å². The quantitative estimate of drug-likeness (QED) is 0.761. The number of benzene rings is 1. The van der Waals surface area contributed by atoms with Crippen LogP contribution in [0, 0.1) is 6.92 Å². The number of nitrogens with one attached hydrogen (secondary N) is 1. The Hall–Kier alpha value is -2.73. The zero-order valence-electron chi connectivity index (χ0n) is 14.8. The Morgan fingerprint density at radius 1 is 1.31 bits per heavy atom. The summed E-state index contributed by atoms with van der Waals surface area (Å²) in [7, 11) is 0. The van der Waals surface area contributed by atoms with Crippen molar-refractivity contribution in [1.29, 1.82) is 0 Å². The average molecular weight is 350 g/mol. The van der Waals surface area contributed by atoms with E-state index in [2.05, 4.69) is 15.0 Å². The zero-order chi connectivity index (χ0) is 18.1. The fraction of sp³-hybridized carbons (Fsp3) is 0.350. The van der Waals surface area contributed by atoms with E-state index in [-0.39, 0.29) is 18.4 Å². The monoisotopic (exact) mass is 350 g/mol. The number of carbonyl (C=O) groups excluding carboxylic acids is 1. The molecular formula is C20H22N4O2. The summed E-state index contributed by atoms with van der Waals surface area (Å²) < 4.78 is 0. The van der Waals surface area contributed by atoms with Gasteiger partial charge in [0.15, 0.2) is 0 Å². The Morgan fingerprint density at radius 2 is 2.12 bits per heavy atom. The molecule has 6 nitrogen and oxygen atoms in total. The maximum atomic E-state index is 13.0. The van der Waals surface area contributed by atoms with Crippen LogP contribution in [0.15, 0.2) is 36.7 Å². The van der Waals surface area contributed by atoms with Gasteiger partial charge >= 0.3 is 0 Å². The van der Waals surface area contributed by atoms with Gasteiger partial charge in [-0.1, -0.05) is 6.07 Å². The number of H-pyrrole nitrogens is 1. The number of aromatic amines is 1. The first-order chi connectivity index (χ1) is 12.7. The minimum atomic E-state index is -0.0513. The average Bonchev–Trinajstić information content (AvgIpc) is 3.16. The maximum Gasteiger partial charge on any atom is 0.254 e. The second kappa shape index (κ2) is 6.88. The number of carbonyl (C=O) groups is 1. The summed E-state index contributed by atoms with van der Waals surface area (Å²) in [5, 5.41) is 10.5. The molecule has 0 radical (unpaired) electrons. The van der Waals surface area contributed by atoms with Gasteiger partial charge in [-0.15, -0.1) is 0 Å². The molecule has 2 N–H and O–H groups in total. The second-order valence-electron chi connectivity index (χ2n) is 6.80. The zero-order valence-corrected chi connectivity index (χ0v) is 14.8. The molecule has 1 aromatic carbocycles. The number of amides is 1. The molecule has 0 atom stereocenters.